The van der Waals surface area contributed by atoms with E-state index < -0.39 is 11.5 Å². The van der Waals surface area contributed by atoms with Gasteiger partial charge in [0.1, 0.15) is 18.2 Å². The Morgan fingerprint density at radius 2 is 1.85 bits per heavy atom. The van der Waals surface area contributed by atoms with Crippen molar-refractivity contribution >= 4 is 17.5 Å². The standard InChI is InChI=1S/C20H22N4O3/c1-4-9-22-19(26)15-5-7-16(8-6-15)23-18(25)12-24-14(3)10-13(2)17(11-21)20(24)27/h5-8,10H,4,9,12H2,1-3H3,(H,22,26)(H,23,25). The molecule has 27 heavy (non-hydrogen) atoms. The van der Waals surface area contributed by atoms with Gasteiger partial charge in [0.2, 0.25) is 5.91 Å². The maximum absolute atomic E-state index is 12.4. The Bertz CT molecular complexity index is 953. The Morgan fingerprint density at radius 1 is 1.19 bits per heavy atom. The Labute approximate surface area is 157 Å². The summed E-state index contributed by atoms with van der Waals surface area (Å²) >= 11 is 0. The first-order chi connectivity index (χ1) is 12.9. The SMILES string of the molecule is CCCNC(=O)c1ccc(NC(=O)Cn2c(C)cc(C)c(C#N)c2=O)cc1. The molecule has 1 aromatic heterocycles. The first-order valence-electron chi connectivity index (χ1n) is 8.66. The van der Waals surface area contributed by atoms with Crippen molar-refractivity contribution in [2.24, 2.45) is 0 Å². The predicted molar refractivity (Wildman–Crippen MR) is 103 cm³/mol. The van der Waals surface area contributed by atoms with Gasteiger partial charge in [-0.05, 0) is 56.2 Å². The van der Waals surface area contributed by atoms with Crippen LogP contribution in [0.2, 0.25) is 0 Å². The van der Waals surface area contributed by atoms with Crippen LogP contribution in [0, 0.1) is 25.2 Å². The minimum Gasteiger partial charge on any atom is -0.352 e. The van der Waals surface area contributed by atoms with Gasteiger partial charge in [-0.1, -0.05) is 6.92 Å². The molecule has 140 valence electrons. The van der Waals surface area contributed by atoms with Gasteiger partial charge in [0.15, 0.2) is 0 Å². The van der Waals surface area contributed by atoms with Crippen LogP contribution in [0.5, 0.6) is 0 Å². The second-order valence-corrected chi connectivity index (χ2v) is 6.23. The third-order valence-corrected chi connectivity index (χ3v) is 4.08. The summed E-state index contributed by atoms with van der Waals surface area (Å²) in [6.07, 6.45) is 0.852. The van der Waals surface area contributed by atoms with Gasteiger partial charge in [-0.2, -0.15) is 5.26 Å². The number of nitrogens with one attached hydrogen (secondary N) is 2. The fourth-order valence-electron chi connectivity index (χ4n) is 2.65. The lowest BCUT2D eigenvalue weighted by atomic mass is 10.1. The highest BCUT2D eigenvalue weighted by Gasteiger charge is 2.13. The van der Waals surface area contributed by atoms with Crippen LogP contribution in [0.4, 0.5) is 5.69 Å². The summed E-state index contributed by atoms with van der Waals surface area (Å²) < 4.78 is 1.27. The third kappa shape index (κ3) is 4.82. The zero-order valence-corrected chi connectivity index (χ0v) is 15.6. The van der Waals surface area contributed by atoms with E-state index in [9.17, 15) is 14.4 Å². The van der Waals surface area contributed by atoms with E-state index in [2.05, 4.69) is 10.6 Å². The number of carbonyl (C=O) groups excluding carboxylic acids is 2. The molecule has 0 fully saturated rings. The average molecular weight is 366 g/mol. The quantitative estimate of drug-likeness (QED) is 0.817. The van der Waals surface area contributed by atoms with Crippen molar-refractivity contribution in [1.29, 1.82) is 5.26 Å². The largest absolute Gasteiger partial charge is 0.352 e. The average Bonchev–Trinajstić information content (AvgIpc) is 2.64. The van der Waals surface area contributed by atoms with E-state index in [1.165, 1.54) is 4.57 Å². The molecule has 2 amide bonds. The number of rotatable bonds is 6. The molecular formula is C20H22N4O3. The molecule has 2 N–H and O–H groups in total. The topological polar surface area (TPSA) is 104 Å². The van der Waals surface area contributed by atoms with Crippen molar-refractivity contribution in [2.45, 2.75) is 33.7 Å². The maximum atomic E-state index is 12.4. The minimum absolute atomic E-state index is 0.0378. The Kier molecular flexibility index (Phi) is 6.50. The zero-order chi connectivity index (χ0) is 20.0. The fourth-order valence-corrected chi connectivity index (χ4v) is 2.65. The van der Waals surface area contributed by atoms with Crippen LogP contribution in [0.25, 0.3) is 0 Å². The number of amides is 2. The van der Waals surface area contributed by atoms with Crippen LogP contribution in [-0.2, 0) is 11.3 Å². The number of anilines is 1. The number of nitrogens with zero attached hydrogens (tertiary/aromatic N) is 2. The van der Waals surface area contributed by atoms with Gasteiger partial charge in [-0.15, -0.1) is 0 Å². The third-order valence-electron chi connectivity index (χ3n) is 4.08. The molecule has 0 unspecified atom stereocenters. The first kappa shape index (κ1) is 19.9. The van der Waals surface area contributed by atoms with E-state index in [1.54, 1.807) is 44.2 Å². The predicted octanol–water partition coefficient (Wildman–Crippen LogP) is 2.12. The summed E-state index contributed by atoms with van der Waals surface area (Å²) in [5.41, 5.74) is 1.78. The Hall–Kier alpha value is -3.40. The Balaban J connectivity index is 2.10. The number of carbonyl (C=O) groups is 2. The molecule has 0 aliphatic heterocycles. The van der Waals surface area contributed by atoms with Gasteiger partial charge in [-0.25, -0.2) is 0 Å². The van der Waals surface area contributed by atoms with E-state index in [0.29, 0.717) is 29.1 Å². The molecule has 0 spiro atoms. The van der Waals surface area contributed by atoms with Crippen LogP contribution in [0.3, 0.4) is 0 Å². The van der Waals surface area contributed by atoms with Crippen LogP contribution < -0.4 is 16.2 Å². The van der Waals surface area contributed by atoms with Crippen molar-refractivity contribution < 1.29 is 9.59 Å². The molecular weight excluding hydrogens is 344 g/mol. The van der Waals surface area contributed by atoms with Gasteiger partial charge in [0.25, 0.3) is 11.5 Å². The lowest BCUT2D eigenvalue weighted by Crippen LogP contribution is -2.31. The van der Waals surface area contributed by atoms with Crippen LogP contribution in [-0.4, -0.2) is 22.9 Å². The molecule has 0 saturated carbocycles. The number of aryl methyl sites for hydroxylation is 2. The summed E-state index contributed by atoms with van der Waals surface area (Å²) in [6.45, 7) is 5.78. The molecule has 7 nitrogen and oxygen atoms in total. The second-order valence-electron chi connectivity index (χ2n) is 6.23. The van der Waals surface area contributed by atoms with Crippen molar-refractivity contribution in [3.63, 3.8) is 0 Å². The molecule has 0 atom stereocenters. The van der Waals surface area contributed by atoms with E-state index in [4.69, 9.17) is 5.26 Å². The molecule has 0 aliphatic rings. The van der Waals surface area contributed by atoms with Crippen LogP contribution >= 0.6 is 0 Å². The number of benzene rings is 1. The van der Waals surface area contributed by atoms with Gasteiger partial charge in [0.05, 0.1) is 0 Å². The van der Waals surface area contributed by atoms with E-state index in [0.717, 1.165) is 6.42 Å². The highest BCUT2D eigenvalue weighted by Crippen LogP contribution is 2.10. The Morgan fingerprint density at radius 3 is 2.44 bits per heavy atom. The van der Waals surface area contributed by atoms with E-state index in [-0.39, 0.29) is 18.0 Å². The zero-order valence-electron chi connectivity index (χ0n) is 15.6. The van der Waals surface area contributed by atoms with Crippen LogP contribution in [0.1, 0.15) is 40.5 Å². The smallest absolute Gasteiger partial charge is 0.269 e. The number of aromatic nitrogens is 1. The molecule has 0 aliphatic carbocycles. The summed E-state index contributed by atoms with van der Waals surface area (Å²) in [6, 6.07) is 10.1. The van der Waals surface area contributed by atoms with Crippen molar-refractivity contribution in [2.75, 3.05) is 11.9 Å². The molecule has 1 aromatic carbocycles. The van der Waals surface area contributed by atoms with Crippen molar-refractivity contribution in [3.05, 3.63) is 63.1 Å². The molecule has 0 saturated heterocycles. The van der Waals surface area contributed by atoms with E-state index in [1.807, 2.05) is 13.0 Å². The summed E-state index contributed by atoms with van der Waals surface area (Å²) in [5, 5.41) is 14.6. The number of nitriles is 1. The fraction of sp³-hybridized carbons (Fsp3) is 0.300. The highest BCUT2D eigenvalue weighted by atomic mass is 16.2. The van der Waals surface area contributed by atoms with Crippen molar-refractivity contribution in [1.82, 2.24) is 9.88 Å². The molecule has 0 bridgehead atoms. The lowest BCUT2D eigenvalue weighted by Gasteiger charge is -2.12. The number of hydrogen-bond acceptors (Lipinski definition) is 4. The van der Waals surface area contributed by atoms with Gasteiger partial charge >= 0.3 is 0 Å². The highest BCUT2D eigenvalue weighted by molar-refractivity contribution is 5.95. The summed E-state index contributed by atoms with van der Waals surface area (Å²) in [5.74, 6) is -0.559. The van der Waals surface area contributed by atoms with Crippen molar-refractivity contribution in [3.8, 4) is 6.07 Å². The lowest BCUT2D eigenvalue weighted by molar-refractivity contribution is -0.116. The molecule has 0 radical (unpaired) electrons. The molecule has 7 heteroatoms. The summed E-state index contributed by atoms with van der Waals surface area (Å²) in [4.78, 5) is 36.5. The molecule has 2 aromatic rings. The first-order valence-corrected chi connectivity index (χ1v) is 8.66. The number of pyridine rings is 1. The van der Waals surface area contributed by atoms with Gasteiger partial charge in [0, 0.05) is 23.5 Å². The van der Waals surface area contributed by atoms with E-state index >= 15 is 0 Å². The second kappa shape index (κ2) is 8.81. The minimum atomic E-state index is -0.479. The molecule has 2 rings (SSSR count). The normalized spacial score (nSPS) is 10.1. The van der Waals surface area contributed by atoms with Crippen LogP contribution in [0.15, 0.2) is 35.1 Å². The number of hydrogen-bond donors (Lipinski definition) is 2. The summed E-state index contributed by atoms with van der Waals surface area (Å²) in [7, 11) is 0. The molecule has 1 heterocycles. The van der Waals surface area contributed by atoms with Gasteiger partial charge in [-0.3, -0.25) is 14.4 Å². The van der Waals surface area contributed by atoms with Gasteiger partial charge < -0.3 is 15.2 Å². The maximum Gasteiger partial charge on any atom is 0.269 e. The monoisotopic (exact) mass is 366 g/mol.